The van der Waals surface area contributed by atoms with Crippen LogP contribution in [0.4, 0.5) is 23.4 Å². The second-order valence-corrected chi connectivity index (χ2v) is 9.56. The molecule has 1 N–H and O–H groups in total. The molecule has 0 radical (unpaired) electrons. The summed E-state index contributed by atoms with van der Waals surface area (Å²) in [5.41, 5.74) is 1.61. The van der Waals surface area contributed by atoms with Crippen molar-refractivity contribution in [1.82, 2.24) is 24.6 Å². The van der Waals surface area contributed by atoms with Crippen LogP contribution >= 0.6 is 0 Å². The number of ether oxygens (including phenoxy) is 2. The highest BCUT2D eigenvalue weighted by atomic mass is 19.3. The van der Waals surface area contributed by atoms with E-state index in [-0.39, 0.29) is 23.5 Å². The molecule has 1 saturated heterocycles. The lowest BCUT2D eigenvalue weighted by Gasteiger charge is -2.22. The van der Waals surface area contributed by atoms with Gasteiger partial charge in [0.05, 0.1) is 18.7 Å². The summed E-state index contributed by atoms with van der Waals surface area (Å²) in [6.45, 7) is 2.16. The van der Waals surface area contributed by atoms with Crippen molar-refractivity contribution in [3.05, 3.63) is 47.4 Å². The number of pyridine rings is 1. The molecule has 9 nitrogen and oxygen atoms in total. The van der Waals surface area contributed by atoms with Gasteiger partial charge in [0.2, 0.25) is 5.91 Å². The fourth-order valence-corrected chi connectivity index (χ4v) is 4.59. The maximum atomic E-state index is 13.8. The Morgan fingerprint density at radius 1 is 1.18 bits per heavy atom. The average Bonchev–Trinajstić information content (AvgIpc) is 3.49. The number of carbonyl (C=O) groups excluding carboxylic acids is 1. The van der Waals surface area contributed by atoms with Crippen molar-refractivity contribution in [2.45, 2.75) is 51.7 Å². The van der Waals surface area contributed by atoms with Gasteiger partial charge in [-0.1, -0.05) is 0 Å². The molecule has 0 spiro atoms. The summed E-state index contributed by atoms with van der Waals surface area (Å²) in [4.78, 5) is 23.5. The van der Waals surface area contributed by atoms with Crippen LogP contribution in [0.1, 0.15) is 43.3 Å². The van der Waals surface area contributed by atoms with Crippen molar-refractivity contribution < 1.29 is 31.8 Å². The molecule has 1 aromatic carbocycles. The molecule has 3 heterocycles. The molecule has 39 heavy (non-hydrogen) atoms. The molecule has 2 aromatic heterocycles. The van der Waals surface area contributed by atoms with Gasteiger partial charge >= 0.3 is 12.5 Å². The molecular weight excluding hydrogens is 520 g/mol. The van der Waals surface area contributed by atoms with Crippen LogP contribution in [0.2, 0.25) is 0 Å². The number of hydrogen-bond donors (Lipinski definition) is 1. The van der Waals surface area contributed by atoms with E-state index in [2.05, 4.69) is 25.1 Å². The van der Waals surface area contributed by atoms with E-state index in [1.54, 1.807) is 36.9 Å². The zero-order valence-electron chi connectivity index (χ0n) is 22.2. The van der Waals surface area contributed by atoms with E-state index in [1.807, 2.05) is 0 Å². The van der Waals surface area contributed by atoms with Gasteiger partial charge in [0.1, 0.15) is 17.3 Å². The van der Waals surface area contributed by atoms with Gasteiger partial charge < -0.3 is 19.7 Å². The lowest BCUT2D eigenvalue weighted by molar-refractivity contribution is -0.131. The molecule has 0 saturated carbocycles. The van der Waals surface area contributed by atoms with E-state index in [1.165, 1.54) is 26.3 Å². The second kappa shape index (κ2) is 11.1. The van der Waals surface area contributed by atoms with Crippen molar-refractivity contribution in [3.8, 4) is 22.9 Å². The van der Waals surface area contributed by atoms with E-state index >= 15 is 0 Å². The van der Waals surface area contributed by atoms with Crippen LogP contribution in [0, 0.1) is 6.92 Å². The maximum absolute atomic E-state index is 13.8. The molecule has 1 aliphatic heterocycles. The van der Waals surface area contributed by atoms with Crippen LogP contribution in [-0.4, -0.2) is 63.4 Å². The molecular formula is C26H30F4N6O3. The predicted octanol–water partition coefficient (Wildman–Crippen LogP) is 4.72. The van der Waals surface area contributed by atoms with E-state index < -0.39 is 24.3 Å². The van der Waals surface area contributed by atoms with Crippen molar-refractivity contribution >= 4 is 11.7 Å². The third-order valence-electron chi connectivity index (χ3n) is 6.57. The highest BCUT2D eigenvalue weighted by Gasteiger charge is 2.32. The molecule has 1 aliphatic rings. The van der Waals surface area contributed by atoms with Gasteiger partial charge in [-0.2, -0.15) is 22.7 Å². The number of hydrogen-bond acceptors (Lipinski definition) is 7. The standard InChI is InChI=1S/C26H30F4N6O3/c1-14(16-10-18(38-5)12-19(11-16)39-25(27)28)23(37)36-9-8-17(13-36)32-21-7-6-20(15(2)31-21)22-33-24(26(3,29)30)35(4)34-22/h6-7,10-12,14,17,25H,8-9,13H2,1-5H3,(H,31,32)/t14?,17-/m0/s1. The van der Waals surface area contributed by atoms with E-state index in [0.29, 0.717) is 47.9 Å². The first-order valence-corrected chi connectivity index (χ1v) is 12.3. The minimum Gasteiger partial charge on any atom is -0.497 e. The summed E-state index contributed by atoms with van der Waals surface area (Å²) in [6, 6.07) is 7.75. The Morgan fingerprint density at radius 2 is 1.90 bits per heavy atom. The Labute approximate surface area is 223 Å². The Hall–Kier alpha value is -3.90. The number of anilines is 1. The van der Waals surface area contributed by atoms with Gasteiger partial charge in [-0.25, -0.2) is 14.6 Å². The normalized spacial score (nSPS) is 16.5. The first kappa shape index (κ1) is 28.1. The molecule has 1 unspecified atom stereocenters. The van der Waals surface area contributed by atoms with Crippen molar-refractivity contribution in [2.75, 3.05) is 25.5 Å². The summed E-state index contributed by atoms with van der Waals surface area (Å²) in [7, 11) is 2.82. The van der Waals surface area contributed by atoms with E-state index in [0.717, 1.165) is 11.6 Å². The first-order chi connectivity index (χ1) is 18.3. The summed E-state index contributed by atoms with van der Waals surface area (Å²) in [5, 5.41) is 7.43. The van der Waals surface area contributed by atoms with E-state index in [4.69, 9.17) is 4.74 Å². The fourth-order valence-electron chi connectivity index (χ4n) is 4.59. The Bertz CT molecular complexity index is 1340. The minimum absolute atomic E-state index is 0.0692. The number of alkyl halides is 4. The number of halogens is 4. The minimum atomic E-state index is -3.12. The number of aromatic nitrogens is 4. The summed E-state index contributed by atoms with van der Waals surface area (Å²) >= 11 is 0. The smallest absolute Gasteiger partial charge is 0.387 e. The molecule has 13 heteroatoms. The largest absolute Gasteiger partial charge is 0.497 e. The number of rotatable bonds is 9. The van der Waals surface area contributed by atoms with Gasteiger partial charge in [-0.3, -0.25) is 4.79 Å². The van der Waals surface area contributed by atoms with E-state index in [9.17, 15) is 22.4 Å². The van der Waals surface area contributed by atoms with Gasteiger partial charge in [0.25, 0.3) is 0 Å². The van der Waals surface area contributed by atoms with Crippen LogP contribution in [0.3, 0.4) is 0 Å². The third-order valence-corrected chi connectivity index (χ3v) is 6.57. The average molecular weight is 551 g/mol. The van der Waals surface area contributed by atoms with Crippen molar-refractivity contribution in [1.29, 1.82) is 0 Å². The number of carbonyl (C=O) groups is 1. The zero-order chi connectivity index (χ0) is 28.5. The highest BCUT2D eigenvalue weighted by Crippen LogP contribution is 2.31. The van der Waals surface area contributed by atoms with Gasteiger partial charge in [-0.05, 0) is 50.1 Å². The topological polar surface area (TPSA) is 94.4 Å². The lowest BCUT2D eigenvalue weighted by Crippen LogP contribution is -2.34. The predicted molar refractivity (Wildman–Crippen MR) is 135 cm³/mol. The fraction of sp³-hybridized carbons (Fsp3) is 0.462. The first-order valence-electron chi connectivity index (χ1n) is 12.3. The second-order valence-electron chi connectivity index (χ2n) is 9.56. The number of methoxy groups -OCH3 is 1. The molecule has 1 fully saturated rings. The quantitative estimate of drug-likeness (QED) is 0.385. The molecule has 210 valence electrons. The summed E-state index contributed by atoms with van der Waals surface area (Å²) in [6.07, 6.45) is 0.676. The van der Waals surface area contributed by atoms with Crippen LogP contribution in [-0.2, 0) is 17.8 Å². The number of nitrogens with one attached hydrogen (secondary N) is 1. The molecule has 0 aliphatic carbocycles. The van der Waals surface area contributed by atoms with Gasteiger partial charge in [0.15, 0.2) is 11.6 Å². The summed E-state index contributed by atoms with van der Waals surface area (Å²) in [5.74, 6) is -3.35. The third kappa shape index (κ3) is 6.40. The zero-order valence-corrected chi connectivity index (χ0v) is 22.2. The summed E-state index contributed by atoms with van der Waals surface area (Å²) < 4.78 is 63.7. The van der Waals surface area contributed by atoms with Crippen LogP contribution in [0.15, 0.2) is 30.3 Å². The highest BCUT2D eigenvalue weighted by molar-refractivity contribution is 5.84. The molecule has 0 bridgehead atoms. The number of benzene rings is 1. The molecule has 3 aromatic rings. The monoisotopic (exact) mass is 550 g/mol. The number of amides is 1. The van der Waals surface area contributed by atoms with Gasteiger partial charge in [0, 0.05) is 44.7 Å². The Kier molecular flexibility index (Phi) is 7.98. The van der Waals surface area contributed by atoms with Crippen LogP contribution < -0.4 is 14.8 Å². The molecule has 4 rings (SSSR count). The number of aryl methyl sites for hydroxylation is 2. The number of likely N-dealkylation sites (tertiary alicyclic amines) is 1. The number of nitrogens with zero attached hydrogens (tertiary/aromatic N) is 5. The Morgan fingerprint density at radius 3 is 2.51 bits per heavy atom. The van der Waals surface area contributed by atoms with Gasteiger partial charge in [-0.15, -0.1) is 0 Å². The molecule has 2 atom stereocenters. The molecule has 1 amide bonds. The van der Waals surface area contributed by atoms with Crippen LogP contribution in [0.25, 0.3) is 11.4 Å². The maximum Gasteiger partial charge on any atom is 0.387 e. The SMILES string of the molecule is COc1cc(OC(F)F)cc(C(C)C(=O)N2CC[C@H](Nc3ccc(-c4nc(C(C)(F)F)n(C)n4)c(C)n3)C2)c1. The lowest BCUT2D eigenvalue weighted by atomic mass is 9.99. The van der Waals surface area contributed by atoms with Crippen LogP contribution in [0.5, 0.6) is 11.5 Å². The van der Waals surface area contributed by atoms with Crippen molar-refractivity contribution in [2.24, 2.45) is 7.05 Å². The Balaban J connectivity index is 1.42. The van der Waals surface area contributed by atoms with Crippen molar-refractivity contribution in [3.63, 3.8) is 0 Å².